The number of amides is 1. The molecule has 0 bridgehead atoms. The number of hydrogen-bond acceptors (Lipinski definition) is 5. The van der Waals surface area contributed by atoms with Crippen molar-refractivity contribution in [1.29, 1.82) is 0 Å². The monoisotopic (exact) mass is 340 g/mol. The van der Waals surface area contributed by atoms with Crippen molar-refractivity contribution >= 4 is 15.7 Å². The lowest BCUT2D eigenvalue weighted by Crippen LogP contribution is -2.42. The van der Waals surface area contributed by atoms with Crippen LogP contribution in [0.25, 0.3) is 0 Å². The summed E-state index contributed by atoms with van der Waals surface area (Å²) in [6.45, 7) is 2.56. The number of nitrogens with zero attached hydrogens (tertiary/aromatic N) is 3. The van der Waals surface area contributed by atoms with E-state index in [1.54, 1.807) is 0 Å². The van der Waals surface area contributed by atoms with E-state index in [2.05, 4.69) is 15.5 Å². The van der Waals surface area contributed by atoms with Crippen molar-refractivity contribution in [3.63, 3.8) is 0 Å². The number of carbonyl (C=O) groups is 1. The quantitative estimate of drug-likeness (QED) is 0.854. The predicted molar refractivity (Wildman–Crippen MR) is 85.7 cm³/mol. The van der Waals surface area contributed by atoms with Crippen LogP contribution in [0.4, 0.5) is 0 Å². The molecule has 2 heterocycles. The maximum absolute atomic E-state index is 12.2. The average molecular weight is 340 g/mol. The second kappa shape index (κ2) is 6.59. The number of nitrogens with one attached hydrogen (secondary N) is 1. The second-order valence-corrected chi connectivity index (χ2v) is 9.00. The molecule has 1 aromatic rings. The Hall–Kier alpha value is -1.44. The van der Waals surface area contributed by atoms with Gasteiger partial charge < -0.3 is 9.88 Å². The second-order valence-electron chi connectivity index (χ2n) is 6.60. The van der Waals surface area contributed by atoms with Gasteiger partial charge in [0, 0.05) is 25.4 Å². The van der Waals surface area contributed by atoms with Gasteiger partial charge in [-0.25, -0.2) is 8.42 Å². The molecule has 0 radical (unpaired) electrons. The molecule has 3 rings (SSSR count). The van der Waals surface area contributed by atoms with Crippen LogP contribution in [-0.4, -0.2) is 46.1 Å². The maximum Gasteiger partial charge on any atom is 0.221 e. The Morgan fingerprint density at radius 3 is 2.74 bits per heavy atom. The molecule has 7 nitrogen and oxygen atoms in total. The molecule has 1 aromatic heterocycles. The summed E-state index contributed by atoms with van der Waals surface area (Å²) in [6.07, 6.45) is 5.14. The molecular formula is C15H24N4O3S. The van der Waals surface area contributed by atoms with Gasteiger partial charge in [-0.2, -0.15) is 0 Å². The number of fused-ring (bicyclic) bond motifs is 1. The van der Waals surface area contributed by atoms with E-state index in [1.807, 2.05) is 11.5 Å². The van der Waals surface area contributed by atoms with Gasteiger partial charge in [0.25, 0.3) is 0 Å². The molecule has 1 atom stereocenters. The highest BCUT2D eigenvalue weighted by atomic mass is 32.2. The van der Waals surface area contributed by atoms with Gasteiger partial charge in [-0.1, -0.05) is 12.8 Å². The number of aromatic nitrogens is 3. The number of rotatable bonds is 5. The highest BCUT2D eigenvalue weighted by molar-refractivity contribution is 7.92. The molecule has 0 unspecified atom stereocenters. The van der Waals surface area contributed by atoms with Crippen molar-refractivity contribution in [3.8, 4) is 0 Å². The van der Waals surface area contributed by atoms with Crippen LogP contribution in [0.2, 0.25) is 0 Å². The van der Waals surface area contributed by atoms with E-state index in [0.29, 0.717) is 6.54 Å². The third kappa shape index (κ3) is 3.73. The average Bonchev–Trinajstić information content (AvgIpc) is 3.17. The number of carbonyl (C=O) groups excluding carboxylic acids is 1. The largest absolute Gasteiger partial charge is 0.352 e. The molecule has 1 aliphatic heterocycles. The standard InChI is InChI=1S/C15H24N4O3S/c1-11-17-18-14-7-6-12(10-19(11)14)16-15(20)8-9-23(21,22)13-4-2-3-5-13/h12-13H,2-10H2,1H3,(H,16,20)/t12-/m1/s1. The van der Waals surface area contributed by atoms with E-state index >= 15 is 0 Å². The van der Waals surface area contributed by atoms with E-state index < -0.39 is 9.84 Å². The summed E-state index contributed by atoms with van der Waals surface area (Å²) in [5.41, 5.74) is 0. The van der Waals surface area contributed by atoms with Crippen LogP contribution in [0.15, 0.2) is 0 Å². The minimum atomic E-state index is -3.13. The van der Waals surface area contributed by atoms with Crippen LogP contribution in [-0.2, 0) is 27.6 Å². The first-order valence-electron chi connectivity index (χ1n) is 8.35. The van der Waals surface area contributed by atoms with Gasteiger partial charge in [0.1, 0.15) is 11.6 Å². The molecule has 0 saturated heterocycles. The summed E-state index contributed by atoms with van der Waals surface area (Å²) < 4.78 is 26.4. The van der Waals surface area contributed by atoms with E-state index in [4.69, 9.17) is 0 Å². The van der Waals surface area contributed by atoms with Crippen molar-refractivity contribution in [1.82, 2.24) is 20.1 Å². The normalized spacial score (nSPS) is 22.0. The fraction of sp³-hybridized carbons (Fsp3) is 0.800. The summed E-state index contributed by atoms with van der Waals surface area (Å²) in [5, 5.41) is 10.9. The maximum atomic E-state index is 12.2. The van der Waals surface area contributed by atoms with Gasteiger partial charge >= 0.3 is 0 Å². The molecule has 0 spiro atoms. The number of aryl methyl sites for hydroxylation is 2. The van der Waals surface area contributed by atoms with Crippen LogP contribution >= 0.6 is 0 Å². The molecule has 1 fully saturated rings. The van der Waals surface area contributed by atoms with E-state index in [0.717, 1.165) is 50.2 Å². The van der Waals surface area contributed by atoms with E-state index in [1.165, 1.54) is 0 Å². The fourth-order valence-corrected chi connectivity index (χ4v) is 5.38. The van der Waals surface area contributed by atoms with Gasteiger partial charge in [-0.05, 0) is 26.2 Å². The molecule has 2 aliphatic rings. The molecule has 1 amide bonds. The predicted octanol–water partition coefficient (Wildman–Crippen LogP) is 0.765. The first-order chi connectivity index (χ1) is 11.0. The van der Waals surface area contributed by atoms with Gasteiger partial charge in [0.05, 0.1) is 11.0 Å². The van der Waals surface area contributed by atoms with Gasteiger partial charge in [-0.15, -0.1) is 10.2 Å². The number of hydrogen-bond donors (Lipinski definition) is 1. The zero-order valence-electron chi connectivity index (χ0n) is 13.5. The van der Waals surface area contributed by atoms with Gasteiger partial charge in [0.2, 0.25) is 5.91 Å². The lowest BCUT2D eigenvalue weighted by molar-refractivity contribution is -0.121. The van der Waals surface area contributed by atoms with Crippen molar-refractivity contribution in [3.05, 3.63) is 11.6 Å². The molecule has 0 aromatic carbocycles. The summed E-state index contributed by atoms with van der Waals surface area (Å²) in [4.78, 5) is 12.1. The van der Waals surface area contributed by atoms with Crippen LogP contribution in [0.1, 0.15) is 50.2 Å². The summed E-state index contributed by atoms with van der Waals surface area (Å²) in [7, 11) is -3.13. The SMILES string of the molecule is Cc1nnc2n1C[C@H](NC(=O)CCS(=O)(=O)C1CCCC1)CC2. The van der Waals surface area contributed by atoms with Crippen molar-refractivity contribution in [2.24, 2.45) is 0 Å². The van der Waals surface area contributed by atoms with Crippen LogP contribution in [0, 0.1) is 6.92 Å². The highest BCUT2D eigenvalue weighted by Crippen LogP contribution is 2.25. The van der Waals surface area contributed by atoms with Crippen LogP contribution < -0.4 is 5.32 Å². The fourth-order valence-electron chi connectivity index (χ4n) is 3.53. The molecular weight excluding hydrogens is 316 g/mol. The van der Waals surface area contributed by atoms with Crippen molar-refractivity contribution in [2.45, 2.75) is 69.7 Å². The molecule has 23 heavy (non-hydrogen) atoms. The third-order valence-corrected chi connectivity index (χ3v) is 7.18. The highest BCUT2D eigenvalue weighted by Gasteiger charge is 2.29. The van der Waals surface area contributed by atoms with Crippen molar-refractivity contribution < 1.29 is 13.2 Å². The zero-order valence-corrected chi connectivity index (χ0v) is 14.3. The minimum Gasteiger partial charge on any atom is -0.352 e. The van der Waals surface area contributed by atoms with E-state index in [9.17, 15) is 13.2 Å². The van der Waals surface area contributed by atoms with E-state index in [-0.39, 0.29) is 29.4 Å². The molecule has 1 N–H and O–H groups in total. The zero-order chi connectivity index (χ0) is 16.4. The minimum absolute atomic E-state index is 0.0267. The Bertz CT molecular complexity index is 677. The Morgan fingerprint density at radius 1 is 1.26 bits per heavy atom. The van der Waals surface area contributed by atoms with Crippen molar-refractivity contribution in [2.75, 3.05) is 5.75 Å². The smallest absolute Gasteiger partial charge is 0.221 e. The van der Waals surface area contributed by atoms with Crippen LogP contribution in [0.3, 0.4) is 0 Å². The summed E-state index contributed by atoms with van der Waals surface area (Å²) in [5.74, 6) is 1.60. The van der Waals surface area contributed by atoms with Gasteiger partial charge in [0.15, 0.2) is 9.84 Å². The molecule has 1 saturated carbocycles. The van der Waals surface area contributed by atoms with Gasteiger partial charge in [-0.3, -0.25) is 4.79 Å². The Kier molecular flexibility index (Phi) is 4.70. The first kappa shape index (κ1) is 16.4. The van der Waals surface area contributed by atoms with Crippen LogP contribution in [0.5, 0.6) is 0 Å². The lowest BCUT2D eigenvalue weighted by atomic mass is 10.1. The topological polar surface area (TPSA) is 93.9 Å². The number of sulfone groups is 1. The lowest BCUT2D eigenvalue weighted by Gasteiger charge is -2.25. The Morgan fingerprint density at radius 2 is 2.00 bits per heavy atom. The molecule has 128 valence electrons. The first-order valence-corrected chi connectivity index (χ1v) is 10.1. The summed E-state index contributed by atoms with van der Waals surface area (Å²) in [6, 6.07) is 0.0267. The Balaban J connectivity index is 1.49. The third-order valence-electron chi connectivity index (χ3n) is 4.92. The molecule has 1 aliphatic carbocycles. The molecule has 8 heteroatoms. The summed E-state index contributed by atoms with van der Waals surface area (Å²) >= 11 is 0. The Labute approximate surface area is 136 Å².